The van der Waals surface area contributed by atoms with Crippen LogP contribution in [0.25, 0.3) is 0 Å². The summed E-state index contributed by atoms with van der Waals surface area (Å²) in [5.41, 5.74) is 8.12. The Labute approximate surface area is 107 Å². The summed E-state index contributed by atoms with van der Waals surface area (Å²) in [6, 6.07) is 7.72. The summed E-state index contributed by atoms with van der Waals surface area (Å²) in [7, 11) is 0. The third-order valence-electron chi connectivity index (χ3n) is 2.63. The molecule has 1 heterocycles. The van der Waals surface area contributed by atoms with Crippen molar-refractivity contribution in [1.82, 2.24) is 9.97 Å². The molecule has 2 rings (SSSR count). The van der Waals surface area contributed by atoms with E-state index in [0.29, 0.717) is 12.4 Å². The summed E-state index contributed by atoms with van der Waals surface area (Å²) in [6.45, 7) is 4.33. The van der Waals surface area contributed by atoms with Gasteiger partial charge in [0.15, 0.2) is 5.82 Å². The fraction of sp³-hybridized carbons (Fsp3) is 0.286. The smallest absolute Gasteiger partial charge is 0.166 e. The summed E-state index contributed by atoms with van der Waals surface area (Å²) in [4.78, 5) is 8.24. The maximum atomic E-state index is 5.94. The van der Waals surface area contributed by atoms with Crippen LogP contribution in [-0.4, -0.2) is 9.97 Å². The van der Waals surface area contributed by atoms with Gasteiger partial charge in [-0.05, 0) is 26.0 Å². The lowest BCUT2D eigenvalue weighted by atomic mass is 10.1. The Hall–Kier alpha value is -1.94. The second-order valence-corrected chi connectivity index (χ2v) is 4.28. The van der Waals surface area contributed by atoms with Crippen LogP contribution in [0.1, 0.15) is 29.9 Å². The summed E-state index contributed by atoms with van der Waals surface area (Å²) < 4.78 is 5.73. The van der Waals surface area contributed by atoms with Crippen molar-refractivity contribution in [2.24, 2.45) is 5.73 Å². The van der Waals surface area contributed by atoms with Crippen molar-refractivity contribution in [3.8, 4) is 5.75 Å². The Bertz CT molecular complexity index is 512. The summed E-state index contributed by atoms with van der Waals surface area (Å²) in [5, 5.41) is 0. The van der Waals surface area contributed by atoms with Gasteiger partial charge in [-0.2, -0.15) is 0 Å². The Kier molecular flexibility index (Phi) is 3.89. The molecule has 1 atom stereocenters. The van der Waals surface area contributed by atoms with E-state index in [0.717, 1.165) is 11.3 Å². The quantitative estimate of drug-likeness (QED) is 0.895. The van der Waals surface area contributed by atoms with Gasteiger partial charge < -0.3 is 10.5 Å². The lowest BCUT2D eigenvalue weighted by Gasteiger charge is -2.14. The summed E-state index contributed by atoms with van der Waals surface area (Å²) in [6.07, 6.45) is 3.40. The van der Waals surface area contributed by atoms with E-state index in [9.17, 15) is 0 Å². The van der Waals surface area contributed by atoms with E-state index in [2.05, 4.69) is 9.97 Å². The molecule has 0 saturated heterocycles. The second kappa shape index (κ2) is 5.60. The number of aryl methyl sites for hydroxylation is 1. The molecule has 0 fully saturated rings. The standard InChI is InChI=1S/C14H17N3O/c1-10-4-5-13(12(8-10)11(2)15)18-9-14-16-6-3-7-17-14/h3-8,11H,9,15H2,1-2H3/t11-/m1/s1. The zero-order valence-electron chi connectivity index (χ0n) is 10.6. The molecule has 0 aliphatic heterocycles. The minimum absolute atomic E-state index is 0.0587. The Morgan fingerprint density at radius 2 is 2.00 bits per heavy atom. The van der Waals surface area contributed by atoms with Gasteiger partial charge in [-0.1, -0.05) is 17.7 Å². The van der Waals surface area contributed by atoms with Crippen molar-refractivity contribution >= 4 is 0 Å². The molecule has 0 aliphatic rings. The highest BCUT2D eigenvalue weighted by Gasteiger charge is 2.09. The van der Waals surface area contributed by atoms with Gasteiger partial charge in [-0.15, -0.1) is 0 Å². The van der Waals surface area contributed by atoms with Crippen LogP contribution in [0.15, 0.2) is 36.7 Å². The normalized spacial score (nSPS) is 12.2. The van der Waals surface area contributed by atoms with E-state index in [1.54, 1.807) is 18.5 Å². The fourth-order valence-electron chi connectivity index (χ4n) is 1.70. The Morgan fingerprint density at radius 1 is 1.28 bits per heavy atom. The van der Waals surface area contributed by atoms with Gasteiger partial charge in [0, 0.05) is 24.0 Å². The first-order chi connectivity index (χ1) is 8.66. The molecule has 1 aromatic carbocycles. The molecule has 0 saturated carbocycles. The molecule has 18 heavy (non-hydrogen) atoms. The Balaban J connectivity index is 2.14. The van der Waals surface area contributed by atoms with Gasteiger partial charge in [0.2, 0.25) is 0 Å². The molecule has 0 aliphatic carbocycles. The number of nitrogens with two attached hydrogens (primary N) is 1. The van der Waals surface area contributed by atoms with Gasteiger partial charge >= 0.3 is 0 Å². The third kappa shape index (κ3) is 3.05. The number of aromatic nitrogens is 2. The van der Waals surface area contributed by atoms with Crippen LogP contribution in [0, 0.1) is 6.92 Å². The van der Waals surface area contributed by atoms with Crippen LogP contribution in [-0.2, 0) is 6.61 Å². The van der Waals surface area contributed by atoms with Crippen LogP contribution in [0.5, 0.6) is 5.75 Å². The van der Waals surface area contributed by atoms with Crippen molar-refractivity contribution in [2.75, 3.05) is 0 Å². The minimum atomic E-state index is -0.0587. The molecule has 2 N–H and O–H groups in total. The van der Waals surface area contributed by atoms with E-state index >= 15 is 0 Å². The average Bonchev–Trinajstić information content (AvgIpc) is 2.38. The molecule has 1 aromatic heterocycles. The van der Waals surface area contributed by atoms with Crippen LogP contribution in [0.3, 0.4) is 0 Å². The fourth-order valence-corrected chi connectivity index (χ4v) is 1.70. The lowest BCUT2D eigenvalue weighted by molar-refractivity contribution is 0.291. The van der Waals surface area contributed by atoms with Crippen LogP contribution >= 0.6 is 0 Å². The number of benzene rings is 1. The highest BCUT2D eigenvalue weighted by atomic mass is 16.5. The van der Waals surface area contributed by atoms with Crippen molar-refractivity contribution in [2.45, 2.75) is 26.5 Å². The van der Waals surface area contributed by atoms with E-state index in [4.69, 9.17) is 10.5 Å². The maximum absolute atomic E-state index is 5.94. The van der Waals surface area contributed by atoms with E-state index in [1.807, 2.05) is 32.0 Å². The predicted molar refractivity (Wildman–Crippen MR) is 70.1 cm³/mol. The molecule has 0 unspecified atom stereocenters. The topological polar surface area (TPSA) is 61.0 Å². The van der Waals surface area contributed by atoms with Gasteiger partial charge in [0.05, 0.1) is 0 Å². The van der Waals surface area contributed by atoms with Gasteiger partial charge in [0.25, 0.3) is 0 Å². The molecule has 94 valence electrons. The largest absolute Gasteiger partial charge is 0.485 e. The SMILES string of the molecule is Cc1ccc(OCc2ncccn2)c([C@@H](C)N)c1. The summed E-state index contributed by atoms with van der Waals surface area (Å²) in [5.74, 6) is 1.46. The molecule has 2 aromatic rings. The van der Waals surface area contributed by atoms with E-state index < -0.39 is 0 Å². The third-order valence-corrected chi connectivity index (χ3v) is 2.63. The number of ether oxygens (including phenoxy) is 1. The minimum Gasteiger partial charge on any atom is -0.485 e. The molecule has 0 bridgehead atoms. The molecular formula is C14H17N3O. The number of hydrogen-bond donors (Lipinski definition) is 1. The number of rotatable bonds is 4. The zero-order chi connectivity index (χ0) is 13.0. The van der Waals surface area contributed by atoms with Crippen molar-refractivity contribution in [3.05, 3.63) is 53.6 Å². The Morgan fingerprint density at radius 3 is 2.67 bits per heavy atom. The second-order valence-electron chi connectivity index (χ2n) is 4.28. The van der Waals surface area contributed by atoms with Crippen molar-refractivity contribution in [1.29, 1.82) is 0 Å². The van der Waals surface area contributed by atoms with E-state index in [1.165, 1.54) is 5.56 Å². The molecule has 0 spiro atoms. The molecule has 0 radical (unpaired) electrons. The summed E-state index contributed by atoms with van der Waals surface area (Å²) >= 11 is 0. The molecule has 0 amide bonds. The van der Waals surface area contributed by atoms with Gasteiger partial charge in [0.1, 0.15) is 12.4 Å². The van der Waals surface area contributed by atoms with Crippen molar-refractivity contribution < 1.29 is 4.74 Å². The predicted octanol–water partition coefficient (Wildman–Crippen LogP) is 2.38. The molecular weight excluding hydrogens is 226 g/mol. The van der Waals surface area contributed by atoms with Crippen LogP contribution < -0.4 is 10.5 Å². The molecule has 4 heteroatoms. The highest BCUT2D eigenvalue weighted by Crippen LogP contribution is 2.25. The zero-order valence-corrected chi connectivity index (χ0v) is 10.6. The lowest BCUT2D eigenvalue weighted by Crippen LogP contribution is -2.09. The monoisotopic (exact) mass is 243 g/mol. The molecule has 4 nitrogen and oxygen atoms in total. The van der Waals surface area contributed by atoms with Crippen LogP contribution in [0.2, 0.25) is 0 Å². The van der Waals surface area contributed by atoms with Gasteiger partial charge in [-0.3, -0.25) is 0 Å². The maximum Gasteiger partial charge on any atom is 0.166 e. The van der Waals surface area contributed by atoms with Crippen molar-refractivity contribution in [3.63, 3.8) is 0 Å². The highest BCUT2D eigenvalue weighted by molar-refractivity contribution is 5.38. The average molecular weight is 243 g/mol. The number of hydrogen-bond acceptors (Lipinski definition) is 4. The first kappa shape index (κ1) is 12.5. The first-order valence-electron chi connectivity index (χ1n) is 5.91. The van der Waals surface area contributed by atoms with E-state index in [-0.39, 0.29) is 6.04 Å². The first-order valence-corrected chi connectivity index (χ1v) is 5.91. The van der Waals surface area contributed by atoms with Gasteiger partial charge in [-0.25, -0.2) is 9.97 Å². The van der Waals surface area contributed by atoms with Crippen LogP contribution in [0.4, 0.5) is 0 Å². The number of nitrogens with zero attached hydrogens (tertiary/aromatic N) is 2.